The summed E-state index contributed by atoms with van der Waals surface area (Å²) in [6.07, 6.45) is -2.64. The van der Waals surface area contributed by atoms with Crippen molar-refractivity contribution in [2.24, 2.45) is 0 Å². The van der Waals surface area contributed by atoms with E-state index >= 15 is 0 Å². The predicted octanol–water partition coefficient (Wildman–Crippen LogP) is 4.68. The second-order valence-corrected chi connectivity index (χ2v) is 4.56. The molecule has 1 nitrogen and oxygen atoms in total. The summed E-state index contributed by atoms with van der Waals surface area (Å²) in [6, 6.07) is 0.914. The molecule has 0 bridgehead atoms. The molecule has 0 fully saturated rings. The van der Waals surface area contributed by atoms with E-state index in [1.807, 2.05) is 0 Å². The monoisotopic (exact) mass is 266 g/mol. The van der Waals surface area contributed by atoms with Crippen molar-refractivity contribution >= 4 is 5.83 Å². The maximum absolute atomic E-state index is 13.5. The lowest BCUT2D eigenvalue weighted by Gasteiger charge is -2.22. The zero-order valence-electron chi connectivity index (χ0n) is 9.95. The lowest BCUT2D eigenvalue weighted by atomic mass is 10.1. The lowest BCUT2D eigenvalue weighted by Crippen LogP contribution is -2.24. The van der Waals surface area contributed by atoms with Gasteiger partial charge in [-0.2, -0.15) is 8.78 Å². The molecule has 0 aliphatic carbocycles. The van der Waals surface area contributed by atoms with E-state index in [0.717, 1.165) is 0 Å². The summed E-state index contributed by atoms with van der Waals surface area (Å²) in [7, 11) is 0. The number of rotatable bonds is 2. The van der Waals surface area contributed by atoms with Gasteiger partial charge in [0.2, 0.25) is 0 Å². The summed E-state index contributed by atoms with van der Waals surface area (Å²) in [6.45, 7) is 4.67. The third-order valence-electron chi connectivity index (χ3n) is 1.83. The fraction of sp³-hybridized carbons (Fsp3) is 0.333. The quantitative estimate of drug-likeness (QED) is 0.706. The molecule has 0 amide bonds. The number of ether oxygens (including phenoxy) is 1. The molecule has 0 heterocycles. The predicted molar refractivity (Wildman–Crippen MR) is 57.0 cm³/mol. The topological polar surface area (TPSA) is 9.23 Å². The standard InChI is InChI=1S/C12H11F5O/c1-12(2,3)18-10-7(13)4-6(5-8(10)14)9(15)11(16)17/h4-5H,1-3H3. The van der Waals surface area contributed by atoms with Gasteiger partial charge in [-0.25, -0.2) is 13.2 Å². The SMILES string of the molecule is CC(C)(C)Oc1c(F)cc(C(F)=C(F)F)cc1F. The van der Waals surface area contributed by atoms with Crippen molar-refractivity contribution in [1.82, 2.24) is 0 Å². The third kappa shape index (κ3) is 3.45. The highest BCUT2D eigenvalue weighted by Gasteiger charge is 2.21. The summed E-state index contributed by atoms with van der Waals surface area (Å²) < 4.78 is 68.7. The minimum Gasteiger partial charge on any atom is -0.482 e. The minimum atomic E-state index is -2.64. The second kappa shape index (κ2) is 4.96. The third-order valence-corrected chi connectivity index (χ3v) is 1.83. The van der Waals surface area contributed by atoms with Crippen LogP contribution in [0.4, 0.5) is 22.0 Å². The van der Waals surface area contributed by atoms with Gasteiger partial charge >= 0.3 is 6.08 Å². The first-order valence-corrected chi connectivity index (χ1v) is 5.01. The summed E-state index contributed by atoms with van der Waals surface area (Å²) in [5, 5.41) is 0. The van der Waals surface area contributed by atoms with Crippen molar-refractivity contribution < 1.29 is 26.7 Å². The van der Waals surface area contributed by atoms with Crippen LogP contribution in [0.25, 0.3) is 5.83 Å². The molecule has 0 aliphatic heterocycles. The van der Waals surface area contributed by atoms with Gasteiger partial charge in [0.05, 0.1) is 0 Å². The molecule has 6 heteroatoms. The van der Waals surface area contributed by atoms with Crippen molar-refractivity contribution in [3.8, 4) is 5.75 Å². The molecule has 0 aliphatic rings. The summed E-state index contributed by atoms with van der Waals surface area (Å²) in [5.41, 5.74) is -1.74. The molecule has 18 heavy (non-hydrogen) atoms. The van der Waals surface area contributed by atoms with Crippen LogP contribution >= 0.6 is 0 Å². The van der Waals surface area contributed by atoms with Gasteiger partial charge in [0.1, 0.15) is 5.60 Å². The van der Waals surface area contributed by atoms with Crippen LogP contribution in [0.15, 0.2) is 18.2 Å². The van der Waals surface area contributed by atoms with Crippen LogP contribution in [-0.2, 0) is 0 Å². The fourth-order valence-electron chi connectivity index (χ4n) is 1.20. The number of benzene rings is 1. The fourth-order valence-corrected chi connectivity index (χ4v) is 1.20. The van der Waals surface area contributed by atoms with Crippen molar-refractivity contribution in [2.75, 3.05) is 0 Å². The highest BCUT2D eigenvalue weighted by molar-refractivity contribution is 5.60. The smallest absolute Gasteiger partial charge is 0.306 e. The highest BCUT2D eigenvalue weighted by atomic mass is 19.3. The molecule has 0 saturated carbocycles. The average Bonchev–Trinajstić information content (AvgIpc) is 2.20. The highest BCUT2D eigenvalue weighted by Crippen LogP contribution is 2.31. The maximum Gasteiger partial charge on any atom is 0.306 e. The summed E-state index contributed by atoms with van der Waals surface area (Å²) in [4.78, 5) is 0. The molecule has 1 aromatic rings. The Morgan fingerprint density at radius 1 is 1.00 bits per heavy atom. The van der Waals surface area contributed by atoms with Crippen molar-refractivity contribution in [3.63, 3.8) is 0 Å². The molecular formula is C12H11F5O. The van der Waals surface area contributed by atoms with E-state index in [1.54, 1.807) is 20.8 Å². The molecule has 0 radical (unpaired) electrons. The molecule has 0 aromatic heterocycles. The van der Waals surface area contributed by atoms with E-state index in [4.69, 9.17) is 4.74 Å². The van der Waals surface area contributed by atoms with Crippen LogP contribution in [-0.4, -0.2) is 5.60 Å². The molecule has 0 saturated heterocycles. The zero-order chi connectivity index (χ0) is 14.1. The Balaban J connectivity index is 3.26. The van der Waals surface area contributed by atoms with E-state index in [9.17, 15) is 22.0 Å². The van der Waals surface area contributed by atoms with Gasteiger partial charge in [-0.15, -0.1) is 0 Å². The molecule has 0 spiro atoms. The van der Waals surface area contributed by atoms with Crippen LogP contribution < -0.4 is 4.74 Å². The average molecular weight is 266 g/mol. The minimum absolute atomic E-state index is 0.457. The van der Waals surface area contributed by atoms with Gasteiger partial charge in [-0.1, -0.05) is 0 Å². The Morgan fingerprint density at radius 2 is 1.44 bits per heavy atom. The van der Waals surface area contributed by atoms with Crippen molar-refractivity contribution in [1.29, 1.82) is 0 Å². The molecule has 100 valence electrons. The largest absolute Gasteiger partial charge is 0.482 e. The summed E-state index contributed by atoms with van der Waals surface area (Å²) in [5.74, 6) is -5.17. The number of halogens is 5. The molecule has 0 N–H and O–H groups in total. The Kier molecular flexibility index (Phi) is 3.98. The van der Waals surface area contributed by atoms with Crippen LogP contribution in [0.3, 0.4) is 0 Å². The van der Waals surface area contributed by atoms with Crippen LogP contribution in [0.5, 0.6) is 5.75 Å². The maximum atomic E-state index is 13.5. The molecule has 0 unspecified atom stereocenters. The van der Waals surface area contributed by atoms with Gasteiger partial charge in [-0.3, -0.25) is 0 Å². The zero-order valence-corrected chi connectivity index (χ0v) is 9.95. The first-order valence-electron chi connectivity index (χ1n) is 5.01. The van der Waals surface area contributed by atoms with E-state index in [2.05, 4.69) is 0 Å². The van der Waals surface area contributed by atoms with E-state index in [1.165, 1.54) is 0 Å². The first-order chi connectivity index (χ1) is 8.11. The normalized spacial score (nSPS) is 11.3. The Labute approximate surface area is 101 Å². The van der Waals surface area contributed by atoms with Gasteiger partial charge in [0.15, 0.2) is 23.2 Å². The molecule has 1 rings (SSSR count). The first kappa shape index (κ1) is 14.5. The number of hydrogen-bond acceptors (Lipinski definition) is 1. The Hall–Kier alpha value is -1.59. The van der Waals surface area contributed by atoms with E-state index in [-0.39, 0.29) is 0 Å². The number of hydrogen-bond donors (Lipinski definition) is 0. The van der Waals surface area contributed by atoms with Gasteiger partial charge < -0.3 is 4.74 Å². The van der Waals surface area contributed by atoms with Crippen molar-refractivity contribution in [2.45, 2.75) is 26.4 Å². The Bertz CT molecular complexity index is 461. The van der Waals surface area contributed by atoms with Crippen molar-refractivity contribution in [3.05, 3.63) is 35.4 Å². The molecule has 1 aromatic carbocycles. The van der Waals surface area contributed by atoms with Crippen LogP contribution in [0, 0.1) is 11.6 Å². The van der Waals surface area contributed by atoms with Crippen LogP contribution in [0.2, 0.25) is 0 Å². The second-order valence-electron chi connectivity index (χ2n) is 4.56. The Morgan fingerprint density at radius 3 is 1.78 bits per heavy atom. The van der Waals surface area contributed by atoms with Crippen LogP contribution in [0.1, 0.15) is 26.3 Å². The molecule has 0 atom stereocenters. The van der Waals surface area contributed by atoms with Gasteiger partial charge in [-0.05, 0) is 32.9 Å². The van der Waals surface area contributed by atoms with Gasteiger partial charge in [0.25, 0.3) is 0 Å². The molecular weight excluding hydrogens is 255 g/mol. The lowest BCUT2D eigenvalue weighted by molar-refractivity contribution is 0.117. The summed E-state index contributed by atoms with van der Waals surface area (Å²) >= 11 is 0. The van der Waals surface area contributed by atoms with E-state index < -0.39 is 40.5 Å². The van der Waals surface area contributed by atoms with Gasteiger partial charge in [0, 0.05) is 5.56 Å². The van der Waals surface area contributed by atoms with E-state index in [0.29, 0.717) is 12.1 Å².